The summed E-state index contributed by atoms with van der Waals surface area (Å²) in [5.41, 5.74) is 4.56. The van der Waals surface area contributed by atoms with E-state index < -0.39 is 0 Å². The third-order valence-corrected chi connectivity index (χ3v) is 2.99. The van der Waals surface area contributed by atoms with Crippen LogP contribution in [0.25, 0.3) is 0 Å². The molecule has 0 saturated carbocycles. The van der Waals surface area contributed by atoms with Gasteiger partial charge in [-0.2, -0.15) is 10.2 Å². The van der Waals surface area contributed by atoms with E-state index in [0.717, 1.165) is 24.5 Å². The van der Waals surface area contributed by atoms with Gasteiger partial charge in [0.05, 0.1) is 17.6 Å². The monoisotopic (exact) mass is 233 g/mol. The highest BCUT2D eigenvalue weighted by Gasteiger charge is 2.06. The summed E-state index contributed by atoms with van der Waals surface area (Å²) in [7, 11) is 1.93. The van der Waals surface area contributed by atoms with E-state index >= 15 is 0 Å². The van der Waals surface area contributed by atoms with E-state index in [4.69, 9.17) is 0 Å². The van der Waals surface area contributed by atoms with Crippen molar-refractivity contribution in [1.29, 1.82) is 0 Å². The Bertz CT molecular complexity index is 509. The minimum absolute atomic E-state index is 0.790. The Kier molecular flexibility index (Phi) is 3.17. The van der Waals surface area contributed by atoms with Gasteiger partial charge < -0.3 is 5.32 Å². The van der Waals surface area contributed by atoms with E-state index in [-0.39, 0.29) is 0 Å². The summed E-state index contributed by atoms with van der Waals surface area (Å²) >= 11 is 0. The smallest absolute Gasteiger partial charge is 0.0825 e. The maximum absolute atomic E-state index is 4.33. The van der Waals surface area contributed by atoms with Crippen LogP contribution in [0.4, 0.5) is 5.69 Å². The summed E-state index contributed by atoms with van der Waals surface area (Å²) in [6.07, 6.45) is 3.92. The Balaban J connectivity index is 2.07. The molecule has 5 nitrogen and oxygen atoms in total. The molecule has 0 atom stereocenters. The van der Waals surface area contributed by atoms with Crippen molar-refractivity contribution < 1.29 is 0 Å². The van der Waals surface area contributed by atoms with Crippen LogP contribution in [-0.2, 0) is 20.1 Å². The molecule has 0 aliphatic carbocycles. The predicted octanol–water partition coefficient (Wildman–Crippen LogP) is 1.87. The summed E-state index contributed by atoms with van der Waals surface area (Å²) in [5, 5.41) is 12.0. The van der Waals surface area contributed by atoms with Gasteiger partial charge in [0.2, 0.25) is 0 Å². The molecule has 2 rings (SSSR count). The van der Waals surface area contributed by atoms with Crippen molar-refractivity contribution in [2.45, 2.75) is 33.9 Å². The molecule has 2 aromatic rings. The van der Waals surface area contributed by atoms with Crippen molar-refractivity contribution in [3.63, 3.8) is 0 Å². The molecule has 2 aromatic heterocycles. The van der Waals surface area contributed by atoms with Crippen LogP contribution in [0.15, 0.2) is 12.4 Å². The van der Waals surface area contributed by atoms with Crippen LogP contribution >= 0.6 is 0 Å². The van der Waals surface area contributed by atoms with Crippen LogP contribution < -0.4 is 5.32 Å². The third kappa shape index (κ3) is 2.33. The van der Waals surface area contributed by atoms with Crippen molar-refractivity contribution in [3.8, 4) is 0 Å². The van der Waals surface area contributed by atoms with Crippen LogP contribution in [0.1, 0.15) is 23.9 Å². The molecule has 0 spiro atoms. The SMILES string of the molecule is CCn1ncc(CNc2cn(C)nc2C)c1C. The molecule has 0 aliphatic heterocycles. The molecule has 0 saturated heterocycles. The summed E-state index contributed by atoms with van der Waals surface area (Å²) in [6.45, 7) is 7.91. The molecule has 0 aromatic carbocycles. The van der Waals surface area contributed by atoms with E-state index in [9.17, 15) is 0 Å². The van der Waals surface area contributed by atoms with Crippen LogP contribution in [0, 0.1) is 13.8 Å². The number of hydrogen-bond acceptors (Lipinski definition) is 3. The zero-order chi connectivity index (χ0) is 12.4. The average molecular weight is 233 g/mol. The second-order valence-corrected chi connectivity index (χ2v) is 4.23. The first-order valence-corrected chi connectivity index (χ1v) is 5.87. The zero-order valence-corrected chi connectivity index (χ0v) is 10.9. The van der Waals surface area contributed by atoms with Gasteiger partial charge in [0.25, 0.3) is 0 Å². The lowest BCUT2D eigenvalue weighted by atomic mass is 10.2. The minimum Gasteiger partial charge on any atom is -0.378 e. The van der Waals surface area contributed by atoms with Crippen molar-refractivity contribution in [2.24, 2.45) is 7.05 Å². The highest BCUT2D eigenvalue weighted by atomic mass is 15.3. The Labute approximate surface area is 101 Å². The minimum atomic E-state index is 0.790. The fourth-order valence-electron chi connectivity index (χ4n) is 1.94. The van der Waals surface area contributed by atoms with E-state index in [2.05, 4.69) is 29.4 Å². The summed E-state index contributed by atoms with van der Waals surface area (Å²) in [4.78, 5) is 0. The molecule has 0 fully saturated rings. The van der Waals surface area contributed by atoms with Gasteiger partial charge in [0.1, 0.15) is 0 Å². The Morgan fingerprint density at radius 3 is 2.65 bits per heavy atom. The molecule has 1 N–H and O–H groups in total. The van der Waals surface area contributed by atoms with E-state index in [0.29, 0.717) is 0 Å². The number of nitrogens with zero attached hydrogens (tertiary/aromatic N) is 4. The first kappa shape index (κ1) is 11.7. The maximum atomic E-state index is 4.33. The van der Waals surface area contributed by atoms with E-state index in [1.807, 2.05) is 35.7 Å². The summed E-state index contributed by atoms with van der Waals surface area (Å²) in [5.74, 6) is 0. The van der Waals surface area contributed by atoms with Gasteiger partial charge in [-0.15, -0.1) is 0 Å². The number of hydrogen-bond donors (Lipinski definition) is 1. The summed E-state index contributed by atoms with van der Waals surface area (Å²) in [6, 6.07) is 0. The summed E-state index contributed by atoms with van der Waals surface area (Å²) < 4.78 is 3.83. The van der Waals surface area contributed by atoms with Crippen molar-refractivity contribution in [2.75, 3.05) is 5.32 Å². The quantitative estimate of drug-likeness (QED) is 0.877. The maximum Gasteiger partial charge on any atom is 0.0825 e. The third-order valence-electron chi connectivity index (χ3n) is 2.99. The lowest BCUT2D eigenvalue weighted by Gasteiger charge is -2.05. The van der Waals surface area contributed by atoms with Crippen molar-refractivity contribution in [1.82, 2.24) is 19.6 Å². The Morgan fingerprint density at radius 1 is 1.35 bits per heavy atom. The molecule has 0 bridgehead atoms. The van der Waals surface area contributed by atoms with Gasteiger partial charge in [-0.1, -0.05) is 0 Å². The Morgan fingerprint density at radius 2 is 2.12 bits per heavy atom. The highest BCUT2D eigenvalue weighted by molar-refractivity contribution is 5.46. The van der Waals surface area contributed by atoms with Crippen molar-refractivity contribution in [3.05, 3.63) is 29.3 Å². The van der Waals surface area contributed by atoms with Crippen LogP contribution in [0.3, 0.4) is 0 Å². The fraction of sp³-hybridized carbons (Fsp3) is 0.500. The first-order chi connectivity index (χ1) is 8.11. The molecule has 0 amide bonds. The van der Waals surface area contributed by atoms with Crippen LogP contribution in [0.2, 0.25) is 0 Å². The van der Waals surface area contributed by atoms with Crippen LogP contribution in [0.5, 0.6) is 0 Å². The van der Waals surface area contributed by atoms with Gasteiger partial charge >= 0.3 is 0 Å². The molecule has 5 heteroatoms. The molecule has 0 radical (unpaired) electrons. The number of nitrogens with one attached hydrogen (secondary N) is 1. The Hall–Kier alpha value is -1.78. The lowest BCUT2D eigenvalue weighted by Crippen LogP contribution is -2.03. The largest absolute Gasteiger partial charge is 0.378 e. The molecule has 92 valence electrons. The number of aromatic nitrogens is 4. The predicted molar refractivity (Wildman–Crippen MR) is 67.9 cm³/mol. The molecule has 17 heavy (non-hydrogen) atoms. The first-order valence-electron chi connectivity index (χ1n) is 5.87. The van der Waals surface area contributed by atoms with Gasteiger partial charge in [0, 0.05) is 37.6 Å². The molecule has 0 aliphatic rings. The number of aryl methyl sites for hydroxylation is 3. The molecule has 2 heterocycles. The lowest BCUT2D eigenvalue weighted by molar-refractivity contribution is 0.638. The zero-order valence-electron chi connectivity index (χ0n) is 10.9. The molecule has 0 unspecified atom stereocenters. The molecular weight excluding hydrogens is 214 g/mol. The highest BCUT2D eigenvalue weighted by Crippen LogP contribution is 2.14. The second kappa shape index (κ2) is 4.61. The van der Waals surface area contributed by atoms with E-state index in [1.54, 1.807) is 0 Å². The number of anilines is 1. The van der Waals surface area contributed by atoms with Gasteiger partial charge in [-0.05, 0) is 20.8 Å². The van der Waals surface area contributed by atoms with Gasteiger partial charge in [0.15, 0.2) is 0 Å². The molecular formula is C12H19N5. The fourth-order valence-corrected chi connectivity index (χ4v) is 1.94. The normalized spacial score (nSPS) is 10.8. The van der Waals surface area contributed by atoms with Gasteiger partial charge in [-0.3, -0.25) is 9.36 Å². The number of rotatable bonds is 4. The van der Waals surface area contributed by atoms with Crippen molar-refractivity contribution >= 4 is 5.69 Å². The van der Waals surface area contributed by atoms with Gasteiger partial charge in [-0.25, -0.2) is 0 Å². The standard InChI is InChI=1S/C12H19N5/c1-5-17-10(3)11(7-14-17)6-13-12-8-16(4)15-9(12)2/h7-8,13H,5-6H2,1-4H3. The van der Waals surface area contributed by atoms with E-state index in [1.165, 1.54) is 11.3 Å². The van der Waals surface area contributed by atoms with Crippen LogP contribution in [-0.4, -0.2) is 19.6 Å². The topological polar surface area (TPSA) is 47.7 Å². The average Bonchev–Trinajstić information content (AvgIpc) is 2.79. The second-order valence-electron chi connectivity index (χ2n) is 4.23.